The van der Waals surface area contributed by atoms with E-state index in [1.165, 1.54) is 40.7 Å². The third-order valence-corrected chi connectivity index (χ3v) is 5.53. The van der Waals surface area contributed by atoms with Crippen LogP contribution in [-0.2, 0) is 0 Å². The number of nitrogens with zero attached hydrogens (tertiary/aromatic N) is 3. The maximum atomic E-state index is 13.4. The maximum absolute atomic E-state index is 13.4. The summed E-state index contributed by atoms with van der Waals surface area (Å²) in [5.74, 6) is 6.14. The third-order valence-electron chi connectivity index (χ3n) is 4.27. The maximum Gasteiger partial charge on any atom is 0.211 e. The van der Waals surface area contributed by atoms with Gasteiger partial charge in [-0.05, 0) is 35.4 Å². The zero-order valence-electron chi connectivity index (χ0n) is 14.7. The Morgan fingerprint density at radius 2 is 1.29 bits per heavy atom. The van der Waals surface area contributed by atoms with Crippen molar-refractivity contribution < 1.29 is 8.78 Å². The van der Waals surface area contributed by atoms with E-state index in [1.54, 1.807) is 24.3 Å². The summed E-state index contributed by atoms with van der Waals surface area (Å²) < 4.78 is 28.2. The van der Waals surface area contributed by atoms with Gasteiger partial charge in [0.05, 0.1) is 5.25 Å². The molecule has 140 valence electrons. The molecule has 0 aliphatic rings. The van der Waals surface area contributed by atoms with Gasteiger partial charge in [0.1, 0.15) is 11.6 Å². The van der Waals surface area contributed by atoms with Crippen LogP contribution in [0.2, 0.25) is 0 Å². The molecule has 0 spiro atoms. The summed E-state index contributed by atoms with van der Waals surface area (Å²) in [5.41, 5.74) is 2.55. The molecule has 0 saturated carbocycles. The molecular formula is C21H16F2N4S. The number of benzene rings is 3. The van der Waals surface area contributed by atoms with E-state index in [9.17, 15) is 8.78 Å². The van der Waals surface area contributed by atoms with Gasteiger partial charge in [-0.3, -0.25) is 0 Å². The van der Waals surface area contributed by atoms with Crippen LogP contribution in [0.5, 0.6) is 0 Å². The average Bonchev–Trinajstić information content (AvgIpc) is 3.09. The summed E-state index contributed by atoms with van der Waals surface area (Å²) in [7, 11) is 0. The first-order chi connectivity index (χ1) is 13.6. The lowest BCUT2D eigenvalue weighted by atomic mass is 10.0. The molecule has 0 fully saturated rings. The van der Waals surface area contributed by atoms with Crippen molar-refractivity contribution in [3.05, 3.63) is 102 Å². The summed E-state index contributed by atoms with van der Waals surface area (Å²) in [4.78, 5) is 0. The highest BCUT2D eigenvalue weighted by Crippen LogP contribution is 2.40. The summed E-state index contributed by atoms with van der Waals surface area (Å²) in [6.45, 7) is 0. The first-order valence-corrected chi connectivity index (χ1v) is 9.43. The second kappa shape index (κ2) is 7.82. The molecular weight excluding hydrogens is 378 g/mol. The lowest BCUT2D eigenvalue weighted by Gasteiger charge is -2.17. The number of nitrogens with two attached hydrogens (primary N) is 1. The Morgan fingerprint density at radius 3 is 1.82 bits per heavy atom. The molecule has 3 aromatic carbocycles. The van der Waals surface area contributed by atoms with E-state index in [-0.39, 0.29) is 16.9 Å². The first kappa shape index (κ1) is 18.2. The van der Waals surface area contributed by atoms with Crippen molar-refractivity contribution in [1.29, 1.82) is 0 Å². The van der Waals surface area contributed by atoms with E-state index in [0.717, 1.165) is 16.7 Å². The summed E-state index contributed by atoms with van der Waals surface area (Å²) in [5, 5.41) is 8.67. The van der Waals surface area contributed by atoms with Crippen LogP contribution in [0.15, 0.2) is 84.0 Å². The van der Waals surface area contributed by atoms with Crippen molar-refractivity contribution in [3.8, 4) is 11.4 Å². The molecule has 0 unspecified atom stereocenters. The van der Waals surface area contributed by atoms with Gasteiger partial charge in [0.15, 0.2) is 5.82 Å². The van der Waals surface area contributed by atoms with Gasteiger partial charge in [-0.15, -0.1) is 10.2 Å². The van der Waals surface area contributed by atoms with Crippen molar-refractivity contribution in [3.63, 3.8) is 0 Å². The average molecular weight is 394 g/mol. The zero-order chi connectivity index (χ0) is 19.5. The van der Waals surface area contributed by atoms with Crippen LogP contribution in [0, 0.1) is 11.6 Å². The quantitative estimate of drug-likeness (QED) is 0.390. The Labute approximate surface area is 165 Å². The predicted molar refractivity (Wildman–Crippen MR) is 106 cm³/mol. The number of halogens is 2. The molecule has 0 aliphatic heterocycles. The molecule has 1 heterocycles. The normalized spacial score (nSPS) is 11.1. The van der Waals surface area contributed by atoms with Crippen LogP contribution in [0.3, 0.4) is 0 Å². The Hall–Kier alpha value is -3.19. The summed E-state index contributed by atoms with van der Waals surface area (Å²) >= 11 is 1.37. The molecule has 4 nitrogen and oxygen atoms in total. The lowest BCUT2D eigenvalue weighted by Crippen LogP contribution is -2.12. The van der Waals surface area contributed by atoms with Crippen LogP contribution in [0.25, 0.3) is 11.4 Å². The topological polar surface area (TPSA) is 56.7 Å². The van der Waals surface area contributed by atoms with Gasteiger partial charge in [-0.2, -0.15) is 0 Å². The van der Waals surface area contributed by atoms with E-state index >= 15 is 0 Å². The van der Waals surface area contributed by atoms with E-state index in [4.69, 9.17) is 5.84 Å². The Balaban J connectivity index is 1.71. The van der Waals surface area contributed by atoms with Crippen LogP contribution < -0.4 is 5.84 Å². The molecule has 0 bridgehead atoms. The predicted octanol–water partition coefficient (Wildman–Crippen LogP) is 4.82. The van der Waals surface area contributed by atoms with Crippen molar-refractivity contribution in [2.75, 3.05) is 5.84 Å². The Morgan fingerprint density at radius 1 is 0.750 bits per heavy atom. The van der Waals surface area contributed by atoms with Gasteiger partial charge >= 0.3 is 0 Å². The molecule has 0 saturated heterocycles. The number of hydrogen-bond donors (Lipinski definition) is 1. The minimum Gasteiger partial charge on any atom is -0.335 e. The molecule has 0 radical (unpaired) electrons. The molecule has 1 aromatic heterocycles. The van der Waals surface area contributed by atoms with Crippen molar-refractivity contribution in [2.24, 2.45) is 0 Å². The van der Waals surface area contributed by atoms with E-state index in [0.29, 0.717) is 11.0 Å². The minimum atomic E-state index is -0.319. The highest BCUT2D eigenvalue weighted by Gasteiger charge is 2.21. The zero-order valence-corrected chi connectivity index (χ0v) is 15.5. The number of nitrogen functional groups attached to an aromatic ring is 1. The van der Waals surface area contributed by atoms with Crippen LogP contribution in [0.1, 0.15) is 16.4 Å². The van der Waals surface area contributed by atoms with Gasteiger partial charge in [0.25, 0.3) is 0 Å². The number of thioether (sulfide) groups is 1. The Kier molecular flexibility index (Phi) is 5.08. The molecule has 28 heavy (non-hydrogen) atoms. The van der Waals surface area contributed by atoms with E-state index in [1.807, 2.05) is 30.3 Å². The van der Waals surface area contributed by atoms with Crippen LogP contribution in [-0.4, -0.2) is 14.9 Å². The third kappa shape index (κ3) is 3.75. The van der Waals surface area contributed by atoms with Crippen LogP contribution >= 0.6 is 11.8 Å². The fourth-order valence-electron chi connectivity index (χ4n) is 2.85. The largest absolute Gasteiger partial charge is 0.335 e. The van der Waals surface area contributed by atoms with Crippen molar-refractivity contribution in [1.82, 2.24) is 14.9 Å². The van der Waals surface area contributed by atoms with Crippen molar-refractivity contribution in [2.45, 2.75) is 10.4 Å². The highest BCUT2D eigenvalue weighted by molar-refractivity contribution is 7.99. The van der Waals surface area contributed by atoms with Gasteiger partial charge in [0, 0.05) is 5.56 Å². The number of hydrogen-bond acceptors (Lipinski definition) is 4. The first-order valence-electron chi connectivity index (χ1n) is 8.55. The van der Waals surface area contributed by atoms with E-state index in [2.05, 4.69) is 10.2 Å². The lowest BCUT2D eigenvalue weighted by molar-refractivity contribution is 0.626. The fraction of sp³-hybridized carbons (Fsp3) is 0.0476. The molecule has 4 aromatic rings. The standard InChI is InChI=1S/C21H16F2N4S/c22-17-10-6-14(7-11-17)19(15-8-12-18(23)13-9-15)28-21-26-25-20(27(21)24)16-4-2-1-3-5-16/h1-13,19H,24H2. The van der Waals surface area contributed by atoms with Crippen LogP contribution in [0.4, 0.5) is 8.78 Å². The minimum absolute atomic E-state index is 0.253. The molecule has 2 N–H and O–H groups in total. The molecule has 0 aliphatic carbocycles. The SMILES string of the molecule is Nn1c(SC(c2ccc(F)cc2)c2ccc(F)cc2)nnc1-c1ccccc1. The van der Waals surface area contributed by atoms with Gasteiger partial charge in [-0.1, -0.05) is 66.4 Å². The molecule has 4 rings (SSSR count). The highest BCUT2D eigenvalue weighted by atomic mass is 32.2. The second-order valence-corrected chi connectivity index (χ2v) is 7.22. The number of aromatic nitrogens is 3. The Bertz CT molecular complexity index is 1020. The van der Waals surface area contributed by atoms with Gasteiger partial charge in [-0.25, -0.2) is 13.5 Å². The van der Waals surface area contributed by atoms with Gasteiger partial charge in [0.2, 0.25) is 5.16 Å². The summed E-state index contributed by atoms with van der Waals surface area (Å²) in [6.07, 6.45) is 0. The monoisotopic (exact) mass is 394 g/mol. The molecule has 0 amide bonds. The number of rotatable bonds is 5. The van der Waals surface area contributed by atoms with Crippen molar-refractivity contribution >= 4 is 11.8 Å². The second-order valence-electron chi connectivity index (χ2n) is 6.14. The smallest absolute Gasteiger partial charge is 0.211 e. The van der Waals surface area contributed by atoms with E-state index < -0.39 is 0 Å². The fourth-order valence-corrected chi connectivity index (χ4v) is 3.94. The summed E-state index contributed by atoms with van der Waals surface area (Å²) in [6, 6.07) is 21.9. The molecule has 7 heteroatoms. The van der Waals surface area contributed by atoms with Gasteiger partial charge < -0.3 is 5.84 Å². The molecule has 0 atom stereocenters.